The Balaban J connectivity index is 1.78. The number of hydrogen-bond donors (Lipinski definition) is 1. The third-order valence-electron chi connectivity index (χ3n) is 3.28. The number of nitrogens with zero attached hydrogens (tertiary/aromatic N) is 4. The maximum Gasteiger partial charge on any atom is 0.224 e. The Kier molecular flexibility index (Phi) is 4.08. The van der Waals surface area contributed by atoms with Crippen LogP contribution >= 0.6 is 0 Å². The van der Waals surface area contributed by atoms with Gasteiger partial charge in [0.25, 0.3) is 0 Å². The van der Waals surface area contributed by atoms with E-state index in [9.17, 15) is 4.79 Å². The predicted molar refractivity (Wildman–Crippen MR) is 63.3 cm³/mol. The molecule has 6 heteroatoms. The molecule has 0 unspecified atom stereocenters. The molecule has 0 spiro atoms. The van der Waals surface area contributed by atoms with Crippen molar-refractivity contribution in [3.8, 4) is 0 Å². The zero-order valence-corrected chi connectivity index (χ0v) is 10.2. The molecule has 0 bridgehead atoms. The van der Waals surface area contributed by atoms with Crippen LogP contribution in [0.5, 0.6) is 0 Å². The molecule has 2 heterocycles. The quantitative estimate of drug-likeness (QED) is 0.793. The summed E-state index contributed by atoms with van der Waals surface area (Å²) in [4.78, 5) is 13.9. The first-order chi connectivity index (χ1) is 8.27. The molecule has 1 aliphatic heterocycles. The summed E-state index contributed by atoms with van der Waals surface area (Å²) >= 11 is 0. The van der Waals surface area contributed by atoms with Crippen molar-refractivity contribution in [3.63, 3.8) is 0 Å². The molecule has 6 nitrogen and oxygen atoms in total. The Morgan fingerprint density at radius 2 is 2.29 bits per heavy atom. The van der Waals surface area contributed by atoms with Gasteiger partial charge < -0.3 is 10.2 Å². The molecule has 1 fully saturated rings. The van der Waals surface area contributed by atoms with E-state index in [2.05, 4.69) is 15.6 Å². The van der Waals surface area contributed by atoms with Gasteiger partial charge in [0.05, 0.1) is 12.7 Å². The first kappa shape index (κ1) is 12.0. The Morgan fingerprint density at radius 1 is 1.53 bits per heavy atom. The fourth-order valence-electron chi connectivity index (χ4n) is 2.14. The normalized spacial score (nSPS) is 17.0. The second kappa shape index (κ2) is 5.77. The standard InChI is InChI=1S/C11H19N5O/c1-15(10-2-5-12-6-3-10)11(17)4-8-16-9-7-13-14-16/h7,9-10,12H,2-6,8H2,1H3. The molecule has 1 saturated heterocycles. The monoisotopic (exact) mass is 237 g/mol. The van der Waals surface area contributed by atoms with Gasteiger partial charge in [0, 0.05) is 25.7 Å². The van der Waals surface area contributed by atoms with Crippen molar-refractivity contribution < 1.29 is 4.79 Å². The first-order valence-corrected chi connectivity index (χ1v) is 6.08. The Morgan fingerprint density at radius 3 is 2.94 bits per heavy atom. The fraction of sp³-hybridized carbons (Fsp3) is 0.727. The largest absolute Gasteiger partial charge is 0.343 e. The molecule has 1 N–H and O–H groups in total. The third kappa shape index (κ3) is 3.26. The van der Waals surface area contributed by atoms with E-state index >= 15 is 0 Å². The number of hydrogen-bond acceptors (Lipinski definition) is 4. The van der Waals surface area contributed by atoms with Crippen molar-refractivity contribution in [2.45, 2.75) is 31.8 Å². The van der Waals surface area contributed by atoms with E-state index in [4.69, 9.17) is 0 Å². The highest BCUT2D eigenvalue weighted by Gasteiger charge is 2.21. The summed E-state index contributed by atoms with van der Waals surface area (Å²) in [6, 6.07) is 0.388. The zero-order valence-electron chi connectivity index (χ0n) is 10.2. The molecule has 1 aromatic rings. The molecular formula is C11H19N5O. The van der Waals surface area contributed by atoms with Crippen molar-refractivity contribution in [1.29, 1.82) is 0 Å². The topological polar surface area (TPSA) is 63.1 Å². The predicted octanol–water partition coefficient (Wildman–Crippen LogP) is -0.121. The van der Waals surface area contributed by atoms with Crippen LogP contribution in [0, 0.1) is 0 Å². The van der Waals surface area contributed by atoms with Gasteiger partial charge in [0.2, 0.25) is 5.91 Å². The van der Waals surface area contributed by atoms with Gasteiger partial charge in [-0.3, -0.25) is 9.48 Å². The van der Waals surface area contributed by atoms with E-state index < -0.39 is 0 Å². The highest BCUT2D eigenvalue weighted by Crippen LogP contribution is 2.11. The maximum atomic E-state index is 12.0. The average molecular weight is 237 g/mol. The van der Waals surface area contributed by atoms with Crippen LogP contribution in [0.15, 0.2) is 12.4 Å². The number of amides is 1. The van der Waals surface area contributed by atoms with Crippen LogP contribution in [0.4, 0.5) is 0 Å². The number of aryl methyl sites for hydroxylation is 1. The van der Waals surface area contributed by atoms with Crippen molar-refractivity contribution in [3.05, 3.63) is 12.4 Å². The second-order valence-electron chi connectivity index (χ2n) is 4.40. The van der Waals surface area contributed by atoms with Crippen molar-refractivity contribution in [2.24, 2.45) is 0 Å². The Bertz CT molecular complexity index is 345. The van der Waals surface area contributed by atoms with Crippen LogP contribution in [-0.2, 0) is 11.3 Å². The van der Waals surface area contributed by atoms with E-state index in [1.807, 2.05) is 11.9 Å². The highest BCUT2D eigenvalue weighted by atomic mass is 16.2. The minimum Gasteiger partial charge on any atom is -0.343 e. The summed E-state index contributed by atoms with van der Waals surface area (Å²) in [5, 5.41) is 10.9. The maximum absolute atomic E-state index is 12.0. The summed E-state index contributed by atoms with van der Waals surface area (Å²) < 4.78 is 1.69. The van der Waals surface area contributed by atoms with Crippen molar-refractivity contribution in [1.82, 2.24) is 25.2 Å². The number of rotatable bonds is 4. The van der Waals surface area contributed by atoms with Gasteiger partial charge in [0.1, 0.15) is 0 Å². The van der Waals surface area contributed by atoms with Gasteiger partial charge >= 0.3 is 0 Å². The van der Waals surface area contributed by atoms with Gasteiger partial charge in [-0.25, -0.2) is 0 Å². The van der Waals surface area contributed by atoms with Crippen LogP contribution in [0.25, 0.3) is 0 Å². The Hall–Kier alpha value is -1.43. The lowest BCUT2D eigenvalue weighted by atomic mass is 10.1. The molecule has 0 aromatic carbocycles. The zero-order chi connectivity index (χ0) is 12.1. The van der Waals surface area contributed by atoms with Crippen molar-refractivity contribution in [2.75, 3.05) is 20.1 Å². The number of piperidine rings is 1. The van der Waals surface area contributed by atoms with Gasteiger partial charge in [-0.2, -0.15) is 0 Å². The summed E-state index contributed by atoms with van der Waals surface area (Å²) in [5.74, 6) is 0.187. The summed E-state index contributed by atoms with van der Waals surface area (Å²) in [7, 11) is 1.90. The molecule has 17 heavy (non-hydrogen) atoms. The van der Waals surface area contributed by atoms with Crippen LogP contribution < -0.4 is 5.32 Å². The summed E-state index contributed by atoms with van der Waals surface area (Å²) in [6.07, 6.45) is 5.99. The molecule has 0 radical (unpaired) electrons. The molecule has 0 aliphatic carbocycles. The minimum atomic E-state index is 0.187. The van der Waals surface area contributed by atoms with E-state index in [1.165, 1.54) is 0 Å². The highest BCUT2D eigenvalue weighted by molar-refractivity contribution is 5.76. The minimum absolute atomic E-state index is 0.187. The smallest absolute Gasteiger partial charge is 0.224 e. The van der Waals surface area contributed by atoms with E-state index in [-0.39, 0.29) is 5.91 Å². The molecular weight excluding hydrogens is 218 g/mol. The van der Waals surface area contributed by atoms with Gasteiger partial charge in [-0.15, -0.1) is 5.10 Å². The summed E-state index contributed by atoms with van der Waals surface area (Å²) in [6.45, 7) is 2.62. The molecule has 0 atom stereocenters. The molecule has 2 rings (SSSR count). The SMILES string of the molecule is CN(C(=O)CCn1ccnn1)C1CCNCC1. The van der Waals surface area contributed by atoms with Crippen LogP contribution in [0.3, 0.4) is 0 Å². The molecule has 1 amide bonds. The van der Waals surface area contributed by atoms with Crippen LogP contribution in [0.2, 0.25) is 0 Å². The van der Waals surface area contributed by atoms with E-state index in [1.54, 1.807) is 17.1 Å². The average Bonchev–Trinajstić information content (AvgIpc) is 2.89. The van der Waals surface area contributed by atoms with E-state index in [0.29, 0.717) is 19.0 Å². The fourth-order valence-corrected chi connectivity index (χ4v) is 2.14. The summed E-state index contributed by atoms with van der Waals surface area (Å²) in [5.41, 5.74) is 0. The van der Waals surface area contributed by atoms with Gasteiger partial charge in [-0.1, -0.05) is 5.21 Å². The number of carbonyl (C=O) groups excluding carboxylic acids is 1. The number of aromatic nitrogens is 3. The lowest BCUT2D eigenvalue weighted by molar-refractivity contribution is -0.132. The molecule has 94 valence electrons. The van der Waals surface area contributed by atoms with Gasteiger partial charge in [0.15, 0.2) is 0 Å². The molecule has 1 aliphatic rings. The lowest BCUT2D eigenvalue weighted by Crippen LogP contribution is -2.44. The van der Waals surface area contributed by atoms with Crippen LogP contribution in [-0.4, -0.2) is 52.0 Å². The Labute approximate surface area is 101 Å². The number of carbonyl (C=O) groups is 1. The number of nitrogens with one attached hydrogen (secondary N) is 1. The van der Waals surface area contributed by atoms with Crippen molar-refractivity contribution >= 4 is 5.91 Å². The lowest BCUT2D eigenvalue weighted by Gasteiger charge is -2.31. The molecule has 1 aromatic heterocycles. The van der Waals surface area contributed by atoms with Crippen LogP contribution in [0.1, 0.15) is 19.3 Å². The van der Waals surface area contributed by atoms with E-state index in [0.717, 1.165) is 25.9 Å². The molecule has 0 saturated carbocycles. The second-order valence-corrected chi connectivity index (χ2v) is 4.40. The first-order valence-electron chi connectivity index (χ1n) is 6.08. The van der Waals surface area contributed by atoms with Gasteiger partial charge in [-0.05, 0) is 25.9 Å². The third-order valence-corrected chi connectivity index (χ3v) is 3.28.